The van der Waals surface area contributed by atoms with Gasteiger partial charge < -0.3 is 15.1 Å². The summed E-state index contributed by atoms with van der Waals surface area (Å²) in [6, 6.07) is 1.74. The molecule has 0 heterocycles. The first-order valence-corrected chi connectivity index (χ1v) is 9.50. The van der Waals surface area contributed by atoms with Gasteiger partial charge in [0.2, 0.25) is 0 Å². The fourth-order valence-corrected chi connectivity index (χ4v) is 3.38. The van der Waals surface area contributed by atoms with Crippen LogP contribution >= 0.6 is 7.82 Å². The van der Waals surface area contributed by atoms with Crippen molar-refractivity contribution in [2.45, 2.75) is 83.2 Å². The Morgan fingerprint density at radius 3 is 1.60 bits per heavy atom. The second-order valence-corrected chi connectivity index (χ2v) is 6.98. The van der Waals surface area contributed by atoms with Crippen molar-refractivity contribution in [2.75, 3.05) is 6.61 Å². The molecule has 2 rings (SSSR count). The molecule has 0 aromatic rings. The minimum Gasteiger partial charge on any atom is -0.311 e. The van der Waals surface area contributed by atoms with Crippen molar-refractivity contribution in [2.24, 2.45) is 0 Å². The highest BCUT2D eigenvalue weighted by molar-refractivity contribution is 7.46. The Labute approximate surface area is 122 Å². The van der Waals surface area contributed by atoms with Gasteiger partial charge in [0, 0.05) is 12.1 Å². The Balaban J connectivity index is 0.000000246. The smallest absolute Gasteiger partial charge is 0.311 e. The van der Waals surface area contributed by atoms with Crippen LogP contribution in [0.25, 0.3) is 0 Å². The summed E-state index contributed by atoms with van der Waals surface area (Å²) in [4.78, 5) is 15.8. The van der Waals surface area contributed by atoms with Gasteiger partial charge in [0.25, 0.3) is 0 Å². The molecular formula is C14H30NO4P. The van der Waals surface area contributed by atoms with Gasteiger partial charge in [0.15, 0.2) is 0 Å². The first-order chi connectivity index (χ1) is 9.51. The van der Waals surface area contributed by atoms with E-state index in [0.29, 0.717) is 0 Å². The van der Waals surface area contributed by atoms with Crippen LogP contribution in [0.5, 0.6) is 0 Å². The highest BCUT2D eigenvalue weighted by atomic mass is 31.2. The van der Waals surface area contributed by atoms with Crippen LogP contribution in [-0.4, -0.2) is 28.5 Å². The van der Waals surface area contributed by atoms with Crippen molar-refractivity contribution in [3.8, 4) is 0 Å². The molecule has 0 saturated heterocycles. The van der Waals surface area contributed by atoms with E-state index in [4.69, 9.17) is 9.79 Å². The van der Waals surface area contributed by atoms with Crippen LogP contribution in [0.3, 0.4) is 0 Å². The van der Waals surface area contributed by atoms with Crippen molar-refractivity contribution in [3.63, 3.8) is 0 Å². The molecule has 120 valence electrons. The van der Waals surface area contributed by atoms with Gasteiger partial charge >= 0.3 is 7.82 Å². The number of rotatable bonds is 4. The lowest BCUT2D eigenvalue weighted by molar-refractivity contribution is 0.206. The first-order valence-electron chi connectivity index (χ1n) is 7.97. The van der Waals surface area contributed by atoms with Gasteiger partial charge in [-0.25, -0.2) is 4.57 Å². The predicted molar refractivity (Wildman–Crippen MR) is 80.6 cm³/mol. The van der Waals surface area contributed by atoms with Gasteiger partial charge in [0.1, 0.15) is 0 Å². The third kappa shape index (κ3) is 9.09. The maximum atomic E-state index is 9.70. The fraction of sp³-hybridized carbons (Fsp3) is 1.00. The maximum absolute atomic E-state index is 9.70. The number of nitrogens with one attached hydrogen (secondary N) is 1. The molecule has 0 amide bonds. The lowest BCUT2D eigenvalue weighted by Gasteiger charge is -2.30. The quantitative estimate of drug-likeness (QED) is 0.694. The lowest BCUT2D eigenvalue weighted by Crippen LogP contribution is -2.40. The summed E-state index contributed by atoms with van der Waals surface area (Å²) in [5.41, 5.74) is 0. The van der Waals surface area contributed by atoms with Crippen LogP contribution in [0, 0.1) is 0 Å². The lowest BCUT2D eigenvalue weighted by atomic mass is 9.91. The molecule has 0 radical (unpaired) electrons. The van der Waals surface area contributed by atoms with E-state index in [9.17, 15) is 4.57 Å². The second kappa shape index (κ2) is 9.91. The monoisotopic (exact) mass is 307 g/mol. The maximum Gasteiger partial charge on any atom is 0.469 e. The third-order valence-electron chi connectivity index (χ3n) is 3.98. The van der Waals surface area contributed by atoms with Gasteiger partial charge in [-0.2, -0.15) is 0 Å². The molecule has 0 aliphatic heterocycles. The Kier molecular flexibility index (Phi) is 8.98. The average molecular weight is 307 g/mol. The summed E-state index contributed by atoms with van der Waals surface area (Å²) < 4.78 is 13.6. The van der Waals surface area contributed by atoms with Crippen molar-refractivity contribution in [3.05, 3.63) is 0 Å². The summed E-state index contributed by atoms with van der Waals surface area (Å²) in [5.74, 6) is 0. The molecule has 0 bridgehead atoms. The van der Waals surface area contributed by atoms with E-state index in [1.54, 1.807) is 0 Å². The van der Waals surface area contributed by atoms with Crippen molar-refractivity contribution in [1.82, 2.24) is 5.32 Å². The second-order valence-electron chi connectivity index (χ2n) is 5.74. The average Bonchev–Trinajstić information content (AvgIpc) is 2.40. The Morgan fingerprint density at radius 2 is 1.35 bits per heavy atom. The molecule has 0 unspecified atom stereocenters. The highest BCUT2D eigenvalue weighted by Gasteiger charge is 2.19. The Bertz CT molecular complexity index is 267. The molecule has 5 nitrogen and oxygen atoms in total. The fourth-order valence-electron chi connectivity index (χ4n) is 3.04. The van der Waals surface area contributed by atoms with E-state index in [1.807, 2.05) is 0 Å². The molecular weight excluding hydrogens is 277 g/mol. The van der Waals surface area contributed by atoms with E-state index < -0.39 is 7.82 Å². The summed E-state index contributed by atoms with van der Waals surface area (Å²) in [7, 11) is -4.17. The third-order valence-corrected chi connectivity index (χ3v) is 4.57. The molecule has 2 fully saturated rings. The zero-order valence-corrected chi connectivity index (χ0v) is 13.5. The molecule has 2 aliphatic rings. The van der Waals surface area contributed by atoms with Gasteiger partial charge in [-0.3, -0.25) is 4.52 Å². The minimum absolute atomic E-state index is 0.0459. The van der Waals surface area contributed by atoms with E-state index >= 15 is 0 Å². The van der Waals surface area contributed by atoms with Gasteiger partial charge in [-0.15, -0.1) is 0 Å². The highest BCUT2D eigenvalue weighted by Crippen LogP contribution is 2.34. The standard InChI is InChI=1S/C12H23N.C2H7O4P/c1-3-7-11(8-4-1)13-12-9-5-2-6-10-12;1-2-6-7(3,4)5/h11-13H,1-10H2;2H2,1H3,(H2,3,4,5). The van der Waals surface area contributed by atoms with E-state index in [-0.39, 0.29) is 6.61 Å². The Hall–Kier alpha value is 0.0700. The van der Waals surface area contributed by atoms with Gasteiger partial charge in [-0.05, 0) is 32.6 Å². The van der Waals surface area contributed by atoms with Crippen LogP contribution in [-0.2, 0) is 9.09 Å². The van der Waals surface area contributed by atoms with Crippen LogP contribution in [0.2, 0.25) is 0 Å². The van der Waals surface area contributed by atoms with Crippen molar-refractivity contribution < 1.29 is 18.9 Å². The zero-order valence-electron chi connectivity index (χ0n) is 12.6. The molecule has 0 atom stereocenters. The molecule has 6 heteroatoms. The molecule has 2 aliphatic carbocycles. The summed E-state index contributed by atoms with van der Waals surface area (Å²) in [6.45, 7) is 1.56. The van der Waals surface area contributed by atoms with Crippen LogP contribution in [0.1, 0.15) is 71.1 Å². The molecule has 20 heavy (non-hydrogen) atoms. The number of phosphoric ester groups is 1. The van der Waals surface area contributed by atoms with E-state index in [1.165, 1.54) is 71.1 Å². The predicted octanol–water partition coefficient (Wildman–Crippen LogP) is 3.36. The van der Waals surface area contributed by atoms with Crippen molar-refractivity contribution in [1.29, 1.82) is 0 Å². The van der Waals surface area contributed by atoms with Gasteiger partial charge in [-0.1, -0.05) is 38.5 Å². The topological polar surface area (TPSA) is 78.8 Å². The first kappa shape index (κ1) is 18.1. The molecule has 2 saturated carbocycles. The van der Waals surface area contributed by atoms with Crippen LogP contribution in [0.15, 0.2) is 0 Å². The van der Waals surface area contributed by atoms with Crippen LogP contribution in [0.4, 0.5) is 0 Å². The number of hydrogen-bond donors (Lipinski definition) is 3. The summed E-state index contributed by atoms with van der Waals surface area (Å²) >= 11 is 0. The minimum atomic E-state index is -4.17. The Morgan fingerprint density at radius 1 is 0.950 bits per heavy atom. The molecule has 0 spiro atoms. The normalized spacial score (nSPS) is 22.1. The molecule has 0 aromatic heterocycles. The largest absolute Gasteiger partial charge is 0.469 e. The van der Waals surface area contributed by atoms with E-state index in [2.05, 4.69) is 9.84 Å². The summed E-state index contributed by atoms with van der Waals surface area (Å²) in [5, 5.41) is 3.86. The van der Waals surface area contributed by atoms with Crippen molar-refractivity contribution >= 4 is 7.82 Å². The van der Waals surface area contributed by atoms with Crippen LogP contribution < -0.4 is 5.32 Å². The zero-order chi connectivity index (χ0) is 14.8. The number of phosphoric acid groups is 1. The summed E-state index contributed by atoms with van der Waals surface area (Å²) in [6.07, 6.45) is 14.6. The molecule has 0 aromatic carbocycles. The number of hydrogen-bond acceptors (Lipinski definition) is 3. The van der Waals surface area contributed by atoms with Gasteiger partial charge in [0.05, 0.1) is 6.61 Å². The SMILES string of the molecule is C1CCC(NC2CCCCC2)CC1.CCOP(=O)(O)O. The molecule has 3 N–H and O–H groups in total. The van der Waals surface area contributed by atoms with E-state index in [0.717, 1.165) is 12.1 Å².